The molecule has 0 bridgehead atoms. The SMILES string of the molecule is CC(C)OCCNCCBr. The molecule has 3 heteroatoms. The minimum absolute atomic E-state index is 0.353. The molecule has 0 aliphatic carbocycles. The second-order valence-corrected chi connectivity index (χ2v) is 3.15. The van der Waals surface area contributed by atoms with E-state index < -0.39 is 0 Å². The Labute approximate surface area is 71.5 Å². The van der Waals surface area contributed by atoms with Crippen molar-refractivity contribution in [2.75, 3.05) is 25.0 Å². The summed E-state index contributed by atoms with van der Waals surface area (Å²) in [6.07, 6.45) is 0.353. The Morgan fingerprint density at radius 2 is 2.10 bits per heavy atom. The molecular weight excluding hydrogens is 194 g/mol. The molecule has 0 rings (SSSR count). The van der Waals surface area contributed by atoms with Gasteiger partial charge in [0.15, 0.2) is 0 Å². The summed E-state index contributed by atoms with van der Waals surface area (Å²) in [5.74, 6) is 0. The molecule has 0 aromatic heterocycles. The Kier molecular flexibility index (Phi) is 7.81. The monoisotopic (exact) mass is 209 g/mol. The van der Waals surface area contributed by atoms with Crippen molar-refractivity contribution in [1.29, 1.82) is 0 Å². The number of rotatable bonds is 6. The molecule has 62 valence electrons. The van der Waals surface area contributed by atoms with Crippen LogP contribution in [0.5, 0.6) is 0 Å². The smallest absolute Gasteiger partial charge is 0.0594 e. The van der Waals surface area contributed by atoms with Crippen molar-refractivity contribution in [3.8, 4) is 0 Å². The fourth-order valence-corrected chi connectivity index (χ4v) is 0.839. The summed E-state index contributed by atoms with van der Waals surface area (Å²) in [5, 5.41) is 4.23. The van der Waals surface area contributed by atoms with Gasteiger partial charge >= 0.3 is 0 Å². The van der Waals surface area contributed by atoms with E-state index in [1.165, 1.54) is 0 Å². The first-order chi connectivity index (χ1) is 4.77. The van der Waals surface area contributed by atoms with Gasteiger partial charge in [0.1, 0.15) is 0 Å². The lowest BCUT2D eigenvalue weighted by molar-refractivity contribution is 0.0812. The van der Waals surface area contributed by atoms with Crippen molar-refractivity contribution in [2.45, 2.75) is 20.0 Å². The number of hydrogen-bond acceptors (Lipinski definition) is 2. The zero-order valence-electron chi connectivity index (χ0n) is 6.69. The maximum Gasteiger partial charge on any atom is 0.0594 e. The van der Waals surface area contributed by atoms with E-state index in [2.05, 4.69) is 21.2 Å². The quantitative estimate of drug-likeness (QED) is 0.528. The highest BCUT2D eigenvalue weighted by Gasteiger charge is 1.90. The van der Waals surface area contributed by atoms with Crippen LogP contribution in [0.15, 0.2) is 0 Å². The minimum Gasteiger partial charge on any atom is -0.377 e. The van der Waals surface area contributed by atoms with Crippen molar-refractivity contribution in [1.82, 2.24) is 5.32 Å². The number of halogens is 1. The molecule has 0 aromatic rings. The number of alkyl halides is 1. The van der Waals surface area contributed by atoms with E-state index in [-0.39, 0.29) is 0 Å². The largest absolute Gasteiger partial charge is 0.377 e. The molecule has 0 radical (unpaired) electrons. The van der Waals surface area contributed by atoms with Crippen LogP contribution < -0.4 is 5.32 Å². The van der Waals surface area contributed by atoms with Gasteiger partial charge in [-0.25, -0.2) is 0 Å². The minimum atomic E-state index is 0.353. The molecule has 1 N–H and O–H groups in total. The van der Waals surface area contributed by atoms with Crippen molar-refractivity contribution >= 4 is 15.9 Å². The van der Waals surface area contributed by atoms with Gasteiger partial charge in [-0.1, -0.05) is 15.9 Å². The normalized spacial score (nSPS) is 10.8. The molecule has 0 atom stereocenters. The lowest BCUT2D eigenvalue weighted by Crippen LogP contribution is -2.22. The molecule has 0 spiro atoms. The third-order valence-corrected chi connectivity index (χ3v) is 1.40. The summed E-state index contributed by atoms with van der Waals surface area (Å²) in [6.45, 7) is 6.87. The Morgan fingerprint density at radius 1 is 1.40 bits per heavy atom. The van der Waals surface area contributed by atoms with Crippen LogP contribution in [0.25, 0.3) is 0 Å². The van der Waals surface area contributed by atoms with Crippen molar-refractivity contribution in [3.05, 3.63) is 0 Å². The summed E-state index contributed by atoms with van der Waals surface area (Å²) >= 11 is 3.33. The van der Waals surface area contributed by atoms with Gasteiger partial charge in [-0.2, -0.15) is 0 Å². The van der Waals surface area contributed by atoms with Gasteiger partial charge in [0.05, 0.1) is 12.7 Å². The fourth-order valence-electron chi connectivity index (χ4n) is 0.559. The third kappa shape index (κ3) is 8.40. The van der Waals surface area contributed by atoms with Crippen LogP contribution >= 0.6 is 15.9 Å². The summed E-state index contributed by atoms with van der Waals surface area (Å²) in [7, 11) is 0. The molecule has 0 aromatic carbocycles. The highest BCUT2D eigenvalue weighted by molar-refractivity contribution is 9.09. The highest BCUT2D eigenvalue weighted by Crippen LogP contribution is 1.84. The zero-order valence-corrected chi connectivity index (χ0v) is 8.28. The second-order valence-electron chi connectivity index (χ2n) is 2.36. The lowest BCUT2D eigenvalue weighted by atomic mass is 10.5. The highest BCUT2D eigenvalue weighted by atomic mass is 79.9. The predicted octanol–water partition coefficient (Wildman–Crippen LogP) is 1.40. The molecule has 0 amide bonds. The molecule has 0 saturated heterocycles. The molecule has 0 saturated carbocycles. The molecule has 0 fully saturated rings. The predicted molar refractivity (Wildman–Crippen MR) is 47.8 cm³/mol. The van der Waals surface area contributed by atoms with Crippen LogP contribution in [-0.2, 0) is 4.74 Å². The van der Waals surface area contributed by atoms with Gasteiger partial charge < -0.3 is 10.1 Å². The Bertz CT molecular complexity index is 68.6. The van der Waals surface area contributed by atoms with Gasteiger partial charge in [-0.15, -0.1) is 0 Å². The summed E-state index contributed by atoms with van der Waals surface area (Å²) in [6, 6.07) is 0. The van der Waals surface area contributed by atoms with E-state index in [1.807, 2.05) is 13.8 Å². The molecule has 0 heterocycles. The van der Waals surface area contributed by atoms with Crippen LogP contribution in [0, 0.1) is 0 Å². The van der Waals surface area contributed by atoms with Crippen molar-refractivity contribution < 1.29 is 4.74 Å². The average molecular weight is 210 g/mol. The third-order valence-electron chi connectivity index (χ3n) is 1.00. The van der Waals surface area contributed by atoms with Crippen LogP contribution in [-0.4, -0.2) is 31.1 Å². The second kappa shape index (κ2) is 7.51. The van der Waals surface area contributed by atoms with E-state index in [1.54, 1.807) is 0 Å². The van der Waals surface area contributed by atoms with E-state index in [0.29, 0.717) is 6.10 Å². The van der Waals surface area contributed by atoms with Crippen LogP contribution in [0.1, 0.15) is 13.8 Å². The standard InChI is InChI=1S/C7H16BrNO/c1-7(2)10-6-5-9-4-3-8/h7,9H,3-6H2,1-2H3. The van der Waals surface area contributed by atoms with Gasteiger partial charge in [-0.05, 0) is 13.8 Å². The number of nitrogens with one attached hydrogen (secondary N) is 1. The average Bonchev–Trinajstić information content (AvgIpc) is 1.87. The van der Waals surface area contributed by atoms with E-state index in [4.69, 9.17) is 4.74 Å². The van der Waals surface area contributed by atoms with Gasteiger partial charge in [0, 0.05) is 18.4 Å². The molecule has 0 aliphatic heterocycles. The van der Waals surface area contributed by atoms with E-state index in [9.17, 15) is 0 Å². The zero-order chi connectivity index (χ0) is 7.82. The molecule has 2 nitrogen and oxygen atoms in total. The maximum atomic E-state index is 5.31. The van der Waals surface area contributed by atoms with E-state index in [0.717, 1.165) is 25.0 Å². The van der Waals surface area contributed by atoms with Crippen molar-refractivity contribution in [2.24, 2.45) is 0 Å². The topological polar surface area (TPSA) is 21.3 Å². The summed E-state index contributed by atoms with van der Waals surface area (Å²) in [4.78, 5) is 0. The maximum absolute atomic E-state index is 5.31. The first kappa shape index (κ1) is 10.4. The van der Waals surface area contributed by atoms with Gasteiger partial charge in [0.2, 0.25) is 0 Å². The van der Waals surface area contributed by atoms with Crippen molar-refractivity contribution in [3.63, 3.8) is 0 Å². The van der Waals surface area contributed by atoms with Gasteiger partial charge in [-0.3, -0.25) is 0 Å². The summed E-state index contributed by atoms with van der Waals surface area (Å²) in [5.41, 5.74) is 0. The van der Waals surface area contributed by atoms with Crippen LogP contribution in [0.3, 0.4) is 0 Å². The fraction of sp³-hybridized carbons (Fsp3) is 1.00. The summed E-state index contributed by atoms with van der Waals surface area (Å²) < 4.78 is 5.31. The van der Waals surface area contributed by atoms with Gasteiger partial charge in [0.25, 0.3) is 0 Å². The molecule has 0 aliphatic rings. The first-order valence-corrected chi connectivity index (χ1v) is 4.77. The van der Waals surface area contributed by atoms with E-state index >= 15 is 0 Å². The Hall–Kier alpha value is 0.400. The van der Waals surface area contributed by atoms with Crippen LogP contribution in [0.4, 0.5) is 0 Å². The molecular formula is C7H16BrNO. The Morgan fingerprint density at radius 3 is 2.60 bits per heavy atom. The lowest BCUT2D eigenvalue weighted by Gasteiger charge is -2.06. The number of ether oxygens (including phenoxy) is 1. The Balaban J connectivity index is 2.77. The number of hydrogen-bond donors (Lipinski definition) is 1. The molecule has 0 unspecified atom stereocenters. The van der Waals surface area contributed by atoms with Crippen LogP contribution in [0.2, 0.25) is 0 Å². The molecule has 10 heavy (non-hydrogen) atoms. The first-order valence-electron chi connectivity index (χ1n) is 3.65.